The lowest BCUT2D eigenvalue weighted by Gasteiger charge is -2.26. The number of amides is 1. The number of pyridine rings is 2. The van der Waals surface area contributed by atoms with Crippen molar-refractivity contribution in [3.05, 3.63) is 83.4 Å². The molecule has 1 aliphatic rings. The Morgan fingerprint density at radius 1 is 1.07 bits per heavy atom. The molecule has 1 aromatic carbocycles. The third-order valence-electron chi connectivity index (χ3n) is 7.54. The van der Waals surface area contributed by atoms with Crippen molar-refractivity contribution in [1.29, 1.82) is 0 Å². The Morgan fingerprint density at radius 3 is 2.66 bits per heavy atom. The van der Waals surface area contributed by atoms with Crippen LogP contribution in [0.1, 0.15) is 68.6 Å². The Morgan fingerprint density at radius 2 is 1.90 bits per heavy atom. The third-order valence-corrected chi connectivity index (χ3v) is 7.54. The molecule has 214 valence electrons. The lowest BCUT2D eigenvalue weighted by atomic mass is 9.93. The lowest BCUT2D eigenvalue weighted by molar-refractivity contribution is -0.157. The number of esters is 1. The highest BCUT2D eigenvalue weighted by Crippen LogP contribution is 2.30. The van der Waals surface area contributed by atoms with E-state index >= 15 is 0 Å². The summed E-state index contributed by atoms with van der Waals surface area (Å²) in [4.78, 5) is 38.0. The minimum atomic E-state index is -0.631. The SMILES string of the molecule is Cc1cc(C)n(-c2cccc(C(CC(=O)OC(C)(C)C)C(=O)N3CCC(CCc4ccc5cccnc5n4)C3)c2)n1. The second-order valence-electron chi connectivity index (χ2n) is 12.1. The van der Waals surface area contributed by atoms with Gasteiger partial charge >= 0.3 is 5.97 Å². The van der Waals surface area contributed by atoms with Crippen molar-refractivity contribution < 1.29 is 14.3 Å². The van der Waals surface area contributed by atoms with E-state index in [1.807, 2.05) is 86.7 Å². The summed E-state index contributed by atoms with van der Waals surface area (Å²) in [6, 6.07) is 17.9. The van der Waals surface area contributed by atoms with E-state index in [0.29, 0.717) is 19.0 Å². The van der Waals surface area contributed by atoms with Gasteiger partial charge in [-0.25, -0.2) is 14.6 Å². The maximum Gasteiger partial charge on any atom is 0.307 e. The molecule has 2 atom stereocenters. The molecule has 0 spiro atoms. The zero-order chi connectivity index (χ0) is 29.1. The molecule has 1 aliphatic heterocycles. The van der Waals surface area contributed by atoms with Crippen LogP contribution in [0.4, 0.5) is 0 Å². The van der Waals surface area contributed by atoms with Crippen molar-refractivity contribution in [3.8, 4) is 5.69 Å². The van der Waals surface area contributed by atoms with Crippen molar-refractivity contribution in [3.63, 3.8) is 0 Å². The first-order valence-corrected chi connectivity index (χ1v) is 14.4. The Hall–Kier alpha value is -4.07. The molecule has 8 nitrogen and oxygen atoms in total. The summed E-state index contributed by atoms with van der Waals surface area (Å²) in [5.41, 5.74) is 4.75. The zero-order valence-electron chi connectivity index (χ0n) is 24.6. The molecule has 0 N–H and O–H groups in total. The summed E-state index contributed by atoms with van der Waals surface area (Å²) in [7, 11) is 0. The number of ether oxygens (including phenoxy) is 1. The summed E-state index contributed by atoms with van der Waals surface area (Å²) >= 11 is 0. The molecule has 5 rings (SSSR count). The lowest BCUT2D eigenvalue weighted by Crippen LogP contribution is -2.35. The number of aromatic nitrogens is 4. The van der Waals surface area contributed by atoms with Crippen molar-refractivity contribution in [1.82, 2.24) is 24.6 Å². The van der Waals surface area contributed by atoms with Crippen LogP contribution in [-0.2, 0) is 20.7 Å². The van der Waals surface area contributed by atoms with Crippen LogP contribution in [-0.4, -0.2) is 55.2 Å². The minimum absolute atomic E-state index is 0.00809. The second kappa shape index (κ2) is 11.8. The first-order valence-electron chi connectivity index (χ1n) is 14.4. The Balaban J connectivity index is 1.31. The Bertz CT molecular complexity index is 1550. The zero-order valence-corrected chi connectivity index (χ0v) is 24.6. The van der Waals surface area contributed by atoms with Gasteiger partial charge in [-0.2, -0.15) is 5.10 Å². The standard InChI is InChI=1S/C33H39N5O3/c1-22-18-23(2)38(36-22)28-10-6-8-26(19-28)29(20-30(39)41-33(3,4)5)32(40)37-17-15-24(21-37)11-13-27-14-12-25-9-7-16-34-31(25)35-27/h6-10,12,14,16,18-19,24,29H,11,13,15,17,20-21H2,1-5H3. The largest absolute Gasteiger partial charge is 0.460 e. The fourth-order valence-corrected chi connectivity index (χ4v) is 5.63. The Labute approximate surface area is 241 Å². The van der Waals surface area contributed by atoms with Gasteiger partial charge in [0.15, 0.2) is 5.65 Å². The molecule has 4 aromatic rings. The molecule has 2 unspecified atom stereocenters. The molecule has 0 saturated carbocycles. The molecule has 1 amide bonds. The highest BCUT2D eigenvalue weighted by molar-refractivity contribution is 5.88. The van der Waals surface area contributed by atoms with E-state index in [4.69, 9.17) is 9.72 Å². The van der Waals surface area contributed by atoms with Crippen LogP contribution in [0.5, 0.6) is 0 Å². The molecule has 3 aromatic heterocycles. The molecule has 4 heterocycles. The van der Waals surface area contributed by atoms with E-state index in [-0.39, 0.29) is 18.3 Å². The number of carbonyl (C=O) groups excluding carboxylic acids is 2. The number of benzene rings is 1. The van der Waals surface area contributed by atoms with Crippen LogP contribution in [0, 0.1) is 19.8 Å². The van der Waals surface area contributed by atoms with E-state index in [2.05, 4.69) is 22.2 Å². The van der Waals surface area contributed by atoms with Gasteiger partial charge in [0.25, 0.3) is 0 Å². The third kappa shape index (κ3) is 6.99. The molecule has 1 saturated heterocycles. The van der Waals surface area contributed by atoms with Crippen molar-refractivity contribution >= 4 is 22.9 Å². The molecular weight excluding hydrogens is 514 g/mol. The fourth-order valence-electron chi connectivity index (χ4n) is 5.63. The monoisotopic (exact) mass is 553 g/mol. The van der Waals surface area contributed by atoms with E-state index in [1.54, 1.807) is 6.20 Å². The smallest absolute Gasteiger partial charge is 0.307 e. The summed E-state index contributed by atoms with van der Waals surface area (Å²) in [5, 5.41) is 5.64. The molecule has 8 heteroatoms. The highest BCUT2D eigenvalue weighted by Gasteiger charge is 2.34. The average Bonchev–Trinajstić information content (AvgIpc) is 3.55. The van der Waals surface area contributed by atoms with Gasteiger partial charge < -0.3 is 9.64 Å². The molecule has 0 radical (unpaired) electrons. The van der Waals surface area contributed by atoms with Crippen LogP contribution < -0.4 is 0 Å². The molecule has 0 aliphatic carbocycles. The summed E-state index contributed by atoms with van der Waals surface area (Å²) < 4.78 is 7.51. The topological polar surface area (TPSA) is 90.2 Å². The maximum atomic E-state index is 14.0. The summed E-state index contributed by atoms with van der Waals surface area (Å²) in [5.74, 6) is -0.659. The van der Waals surface area contributed by atoms with Crippen molar-refractivity contribution in [2.45, 2.75) is 71.8 Å². The number of fused-ring (bicyclic) bond motifs is 1. The van der Waals surface area contributed by atoms with Crippen LogP contribution >= 0.6 is 0 Å². The molecule has 0 bridgehead atoms. The second-order valence-corrected chi connectivity index (χ2v) is 12.1. The normalized spacial score (nSPS) is 16.2. The number of hydrogen-bond acceptors (Lipinski definition) is 6. The Kier molecular flexibility index (Phi) is 8.20. The van der Waals surface area contributed by atoms with Crippen LogP contribution in [0.25, 0.3) is 16.7 Å². The highest BCUT2D eigenvalue weighted by atomic mass is 16.6. The van der Waals surface area contributed by atoms with Crippen LogP contribution in [0.2, 0.25) is 0 Å². The molecular formula is C33H39N5O3. The van der Waals surface area contributed by atoms with Gasteiger partial charge in [0.05, 0.1) is 23.7 Å². The van der Waals surface area contributed by atoms with Gasteiger partial charge in [0, 0.05) is 36.1 Å². The van der Waals surface area contributed by atoms with Crippen LogP contribution in [0.15, 0.2) is 60.8 Å². The minimum Gasteiger partial charge on any atom is -0.460 e. The van der Waals surface area contributed by atoms with Gasteiger partial charge in [-0.3, -0.25) is 9.59 Å². The summed E-state index contributed by atoms with van der Waals surface area (Å²) in [6.07, 6.45) is 4.47. The number of nitrogens with zero attached hydrogens (tertiary/aromatic N) is 5. The van der Waals surface area contributed by atoms with Crippen LogP contribution in [0.3, 0.4) is 0 Å². The van der Waals surface area contributed by atoms with Gasteiger partial charge in [-0.15, -0.1) is 0 Å². The number of carbonyl (C=O) groups is 2. The van der Waals surface area contributed by atoms with Gasteiger partial charge in [-0.05, 0) is 108 Å². The summed E-state index contributed by atoms with van der Waals surface area (Å²) in [6.45, 7) is 10.8. The van der Waals surface area contributed by atoms with E-state index in [0.717, 1.165) is 58.6 Å². The number of likely N-dealkylation sites (tertiary alicyclic amines) is 1. The van der Waals surface area contributed by atoms with E-state index < -0.39 is 11.5 Å². The first kappa shape index (κ1) is 28.5. The average molecular weight is 554 g/mol. The molecule has 41 heavy (non-hydrogen) atoms. The van der Waals surface area contributed by atoms with Gasteiger partial charge in [0.1, 0.15) is 5.60 Å². The number of aryl methyl sites for hydroxylation is 3. The van der Waals surface area contributed by atoms with E-state index in [9.17, 15) is 9.59 Å². The fraction of sp³-hybridized carbons (Fsp3) is 0.424. The van der Waals surface area contributed by atoms with Gasteiger partial charge in [-0.1, -0.05) is 12.1 Å². The quantitative estimate of drug-likeness (QED) is 0.259. The maximum absolute atomic E-state index is 14.0. The van der Waals surface area contributed by atoms with Gasteiger partial charge in [0.2, 0.25) is 5.91 Å². The molecule has 1 fully saturated rings. The van der Waals surface area contributed by atoms with E-state index in [1.165, 1.54) is 0 Å². The number of hydrogen-bond donors (Lipinski definition) is 0. The van der Waals surface area contributed by atoms with Crippen molar-refractivity contribution in [2.24, 2.45) is 5.92 Å². The van der Waals surface area contributed by atoms with Crippen molar-refractivity contribution in [2.75, 3.05) is 13.1 Å². The number of rotatable bonds is 8. The predicted octanol–water partition coefficient (Wildman–Crippen LogP) is 5.73. The predicted molar refractivity (Wildman–Crippen MR) is 159 cm³/mol. The first-order chi connectivity index (χ1) is 19.6.